The molecule has 0 rings (SSSR count). The van der Waals surface area contributed by atoms with Crippen molar-refractivity contribution in [3.63, 3.8) is 0 Å². The van der Waals surface area contributed by atoms with Crippen LogP contribution in [0.15, 0.2) is 0 Å². The quantitative estimate of drug-likeness (QED) is 0.342. The summed E-state index contributed by atoms with van der Waals surface area (Å²) in [6, 6.07) is 0. The third-order valence-electron chi connectivity index (χ3n) is 2.62. The highest BCUT2D eigenvalue weighted by Gasteiger charge is 1.97. The van der Waals surface area contributed by atoms with Crippen molar-refractivity contribution in [1.29, 1.82) is 0 Å². The molecule has 0 aromatic heterocycles. The van der Waals surface area contributed by atoms with Crippen molar-refractivity contribution in [3.8, 4) is 0 Å². The van der Waals surface area contributed by atoms with Crippen molar-refractivity contribution in [2.45, 2.75) is 20.8 Å². The van der Waals surface area contributed by atoms with Crippen LogP contribution < -0.4 is 10.6 Å². The first-order valence-corrected chi connectivity index (χ1v) is 9.00. The molecule has 0 heterocycles. The van der Waals surface area contributed by atoms with E-state index in [1.165, 1.54) is 6.92 Å². The van der Waals surface area contributed by atoms with Crippen LogP contribution in [0, 0.1) is 0 Å². The summed E-state index contributed by atoms with van der Waals surface area (Å²) in [7, 11) is 1.56. The number of amides is 2. The van der Waals surface area contributed by atoms with Gasteiger partial charge in [0.25, 0.3) is 0 Å². The van der Waals surface area contributed by atoms with Gasteiger partial charge in [0.05, 0.1) is 59.5 Å². The summed E-state index contributed by atoms with van der Waals surface area (Å²) < 4.78 is 26.3. The topological polar surface area (TPSA) is 104 Å². The molecule has 0 saturated heterocycles. The van der Waals surface area contributed by atoms with Gasteiger partial charge in [-0.05, 0) is 0 Å². The molecule has 0 spiro atoms. The summed E-state index contributed by atoms with van der Waals surface area (Å²) in [6.07, 6.45) is 0. The third-order valence-corrected chi connectivity index (χ3v) is 2.62. The predicted octanol–water partition coefficient (Wildman–Crippen LogP) is -0.0223. The predicted molar refractivity (Wildman–Crippen MR) is 98.2 cm³/mol. The fourth-order valence-electron chi connectivity index (χ4n) is 1.42. The van der Waals surface area contributed by atoms with Crippen molar-refractivity contribution >= 4 is 11.8 Å². The van der Waals surface area contributed by atoms with Crippen molar-refractivity contribution in [2.24, 2.45) is 0 Å². The normalized spacial score (nSPS) is 10.0. The molecule has 156 valence electrons. The Bertz CT molecular complexity index is 317. The molecule has 0 saturated carbocycles. The fraction of sp³-hybridized carbons (Fsp3) is 0.882. The summed E-state index contributed by atoms with van der Waals surface area (Å²) >= 11 is 0. The molecule has 26 heavy (non-hydrogen) atoms. The average Bonchev–Trinajstić information content (AvgIpc) is 2.65. The second-order valence-corrected chi connectivity index (χ2v) is 4.66. The zero-order valence-electron chi connectivity index (χ0n) is 16.6. The third kappa shape index (κ3) is 25.0. The van der Waals surface area contributed by atoms with E-state index in [9.17, 15) is 9.59 Å². The maximum absolute atomic E-state index is 10.9. The summed E-state index contributed by atoms with van der Waals surface area (Å²) in [4.78, 5) is 21.4. The van der Waals surface area contributed by atoms with Gasteiger partial charge in [0, 0.05) is 20.5 Å². The lowest BCUT2D eigenvalue weighted by molar-refractivity contribution is -0.125. The number of hydrogen-bond acceptors (Lipinski definition) is 7. The lowest BCUT2D eigenvalue weighted by Crippen LogP contribution is -2.25. The minimum Gasteiger partial charge on any atom is -0.377 e. The SMILES string of the molecule is CC.CNC(=O)COCCOCCOCCOCCOCCNC(C)=O. The van der Waals surface area contributed by atoms with E-state index in [4.69, 9.17) is 23.7 Å². The maximum Gasteiger partial charge on any atom is 0.245 e. The van der Waals surface area contributed by atoms with Gasteiger partial charge in [-0.2, -0.15) is 0 Å². The van der Waals surface area contributed by atoms with Gasteiger partial charge in [0.15, 0.2) is 0 Å². The molecule has 0 aromatic carbocycles. The Hall–Kier alpha value is -1.26. The number of hydrogen-bond donors (Lipinski definition) is 2. The Morgan fingerprint density at radius 3 is 1.46 bits per heavy atom. The van der Waals surface area contributed by atoms with Crippen LogP contribution in [0.5, 0.6) is 0 Å². The molecule has 0 aromatic rings. The van der Waals surface area contributed by atoms with Gasteiger partial charge in [-0.1, -0.05) is 13.8 Å². The monoisotopic (exact) mass is 380 g/mol. The first-order chi connectivity index (χ1) is 12.7. The average molecular weight is 380 g/mol. The Morgan fingerprint density at radius 1 is 0.692 bits per heavy atom. The second kappa shape index (κ2) is 23.7. The van der Waals surface area contributed by atoms with E-state index in [0.717, 1.165) is 0 Å². The summed E-state index contributed by atoms with van der Waals surface area (Å²) in [5.74, 6) is -0.219. The van der Waals surface area contributed by atoms with Crippen LogP contribution in [0.3, 0.4) is 0 Å². The van der Waals surface area contributed by atoms with Crippen molar-refractivity contribution in [1.82, 2.24) is 10.6 Å². The van der Waals surface area contributed by atoms with E-state index in [1.807, 2.05) is 13.8 Å². The van der Waals surface area contributed by atoms with Crippen molar-refractivity contribution < 1.29 is 33.3 Å². The number of likely N-dealkylation sites (N-methyl/N-ethyl adjacent to an activating group) is 1. The minimum atomic E-state index is -0.156. The number of ether oxygens (including phenoxy) is 5. The van der Waals surface area contributed by atoms with Gasteiger partial charge < -0.3 is 34.3 Å². The Balaban J connectivity index is 0. The highest BCUT2D eigenvalue weighted by atomic mass is 16.6. The molecule has 0 unspecified atom stereocenters. The summed E-state index contributed by atoms with van der Waals surface area (Å²) in [5, 5.41) is 5.10. The van der Waals surface area contributed by atoms with Gasteiger partial charge >= 0.3 is 0 Å². The number of rotatable bonds is 17. The zero-order chi connectivity index (χ0) is 19.9. The molecule has 0 aliphatic rings. The van der Waals surface area contributed by atoms with Crippen LogP contribution in [-0.2, 0) is 33.3 Å². The van der Waals surface area contributed by atoms with Crippen molar-refractivity contribution in [3.05, 3.63) is 0 Å². The molecule has 0 atom stereocenters. The Labute approximate surface area is 157 Å². The molecule has 9 heteroatoms. The first-order valence-electron chi connectivity index (χ1n) is 9.00. The molecule has 2 amide bonds. The van der Waals surface area contributed by atoms with Crippen LogP contribution in [0.2, 0.25) is 0 Å². The van der Waals surface area contributed by atoms with E-state index >= 15 is 0 Å². The lowest BCUT2D eigenvalue weighted by atomic mass is 10.6. The molecule has 0 radical (unpaired) electrons. The van der Waals surface area contributed by atoms with Crippen LogP contribution in [0.4, 0.5) is 0 Å². The van der Waals surface area contributed by atoms with Gasteiger partial charge in [0.2, 0.25) is 11.8 Å². The zero-order valence-corrected chi connectivity index (χ0v) is 16.6. The van der Waals surface area contributed by atoms with E-state index < -0.39 is 0 Å². The molecular weight excluding hydrogens is 344 g/mol. The fourth-order valence-corrected chi connectivity index (χ4v) is 1.42. The molecule has 0 bridgehead atoms. The minimum absolute atomic E-state index is 0.0463. The highest BCUT2D eigenvalue weighted by molar-refractivity contribution is 5.76. The van der Waals surface area contributed by atoms with Gasteiger partial charge in [-0.25, -0.2) is 0 Å². The smallest absolute Gasteiger partial charge is 0.245 e. The van der Waals surface area contributed by atoms with E-state index in [-0.39, 0.29) is 18.4 Å². The van der Waals surface area contributed by atoms with Crippen LogP contribution in [0.1, 0.15) is 20.8 Å². The van der Waals surface area contributed by atoms with Gasteiger partial charge in [-0.3, -0.25) is 9.59 Å². The van der Waals surface area contributed by atoms with E-state index in [1.54, 1.807) is 7.05 Å². The van der Waals surface area contributed by atoms with Crippen LogP contribution in [-0.4, -0.2) is 91.5 Å². The van der Waals surface area contributed by atoms with E-state index in [0.29, 0.717) is 66.0 Å². The van der Waals surface area contributed by atoms with Crippen molar-refractivity contribution in [2.75, 3.05) is 79.7 Å². The summed E-state index contributed by atoms with van der Waals surface area (Å²) in [5.41, 5.74) is 0. The molecule has 0 fully saturated rings. The van der Waals surface area contributed by atoms with Crippen LogP contribution >= 0.6 is 0 Å². The lowest BCUT2D eigenvalue weighted by Gasteiger charge is -2.08. The van der Waals surface area contributed by atoms with Crippen LogP contribution in [0.25, 0.3) is 0 Å². The number of carbonyl (C=O) groups is 2. The van der Waals surface area contributed by atoms with Gasteiger partial charge in [-0.15, -0.1) is 0 Å². The Kier molecular flexibility index (Phi) is 24.6. The molecule has 0 aliphatic heterocycles. The molecule has 2 N–H and O–H groups in total. The number of nitrogens with one attached hydrogen (secondary N) is 2. The summed E-state index contributed by atoms with van der Waals surface area (Å²) in [6.45, 7) is 10.2. The first kappa shape index (κ1) is 27.0. The van der Waals surface area contributed by atoms with E-state index in [2.05, 4.69) is 10.6 Å². The number of carbonyl (C=O) groups excluding carboxylic acids is 2. The Morgan fingerprint density at radius 2 is 1.08 bits per heavy atom. The largest absolute Gasteiger partial charge is 0.377 e. The molecule has 9 nitrogen and oxygen atoms in total. The second-order valence-electron chi connectivity index (χ2n) is 4.66. The highest BCUT2D eigenvalue weighted by Crippen LogP contribution is 1.84. The molecular formula is C17H36N2O7. The standard InChI is InChI=1S/C15H30N2O7.C2H6/c1-14(18)17-3-4-20-5-6-21-7-8-22-9-10-23-11-12-24-13-15(19)16-2;1-2/h3-13H2,1-2H3,(H,16,19)(H,17,18);1-2H3. The van der Waals surface area contributed by atoms with Gasteiger partial charge in [0.1, 0.15) is 6.61 Å². The molecule has 0 aliphatic carbocycles. The maximum atomic E-state index is 10.9.